The van der Waals surface area contributed by atoms with Gasteiger partial charge in [-0.25, -0.2) is 9.18 Å². The van der Waals surface area contributed by atoms with Gasteiger partial charge in [-0.15, -0.1) is 22.7 Å². The predicted octanol–water partition coefficient (Wildman–Crippen LogP) is 8.44. The number of halogens is 2. The van der Waals surface area contributed by atoms with Crippen LogP contribution in [0.25, 0.3) is 16.2 Å². The predicted molar refractivity (Wildman–Crippen MR) is 164 cm³/mol. The van der Waals surface area contributed by atoms with E-state index in [9.17, 15) is 9.18 Å². The molecule has 0 saturated heterocycles. The molecule has 1 saturated carbocycles. The van der Waals surface area contributed by atoms with Crippen LogP contribution in [0.2, 0.25) is 5.02 Å². The molecule has 0 bridgehead atoms. The Hall–Kier alpha value is -2.39. The van der Waals surface area contributed by atoms with Crippen molar-refractivity contribution >= 4 is 51.1 Å². The summed E-state index contributed by atoms with van der Waals surface area (Å²) < 4.78 is 20.3. The third kappa shape index (κ3) is 5.82. The average Bonchev–Trinajstić information content (AvgIpc) is 3.59. The lowest BCUT2D eigenvalue weighted by atomic mass is 9.94. The van der Waals surface area contributed by atoms with E-state index in [2.05, 4.69) is 36.7 Å². The van der Waals surface area contributed by atoms with Gasteiger partial charge >= 0.3 is 6.03 Å². The molecule has 40 heavy (non-hydrogen) atoms. The summed E-state index contributed by atoms with van der Waals surface area (Å²) in [7, 11) is 0. The maximum atomic E-state index is 13.8. The number of carbonyl (C=O) groups is 1. The first-order chi connectivity index (χ1) is 19.2. The normalized spacial score (nSPS) is 16.3. The maximum absolute atomic E-state index is 13.8. The van der Waals surface area contributed by atoms with Gasteiger partial charge in [-0.3, -0.25) is 5.32 Å². The Morgan fingerprint density at radius 1 is 1.07 bits per heavy atom. The Bertz CT molecular complexity index is 1490. The minimum atomic E-state index is -0.360. The molecule has 2 amide bonds. The van der Waals surface area contributed by atoms with Crippen molar-refractivity contribution in [3.05, 3.63) is 66.6 Å². The van der Waals surface area contributed by atoms with Gasteiger partial charge in [0.2, 0.25) is 0 Å². The number of aryl methyl sites for hydroxylation is 1. The molecular formula is C31H35ClFN3O2S2. The van der Waals surface area contributed by atoms with Gasteiger partial charge in [0.05, 0.1) is 10.6 Å². The fourth-order valence-corrected chi connectivity index (χ4v) is 8.56. The molecule has 6 rings (SSSR count). The second-order valence-corrected chi connectivity index (χ2v) is 14.3. The SMILES string of the molecule is CC(C)(C)OC(=C1CC1)c1c(NC(=O)NCc2c(-c3ccc(F)cc3Cl)sc3c2CCNC3)sc2c1CCCC2. The van der Waals surface area contributed by atoms with Crippen LogP contribution in [-0.2, 0) is 37.1 Å². The van der Waals surface area contributed by atoms with Crippen LogP contribution in [0, 0.1) is 5.82 Å². The molecule has 3 heterocycles. The van der Waals surface area contributed by atoms with E-state index in [1.54, 1.807) is 28.7 Å². The molecule has 1 fully saturated rings. The van der Waals surface area contributed by atoms with E-state index in [4.69, 9.17) is 16.3 Å². The Morgan fingerprint density at radius 2 is 1.88 bits per heavy atom. The average molecular weight is 600 g/mol. The number of amides is 2. The lowest BCUT2D eigenvalue weighted by Crippen LogP contribution is -2.29. The van der Waals surface area contributed by atoms with Gasteiger partial charge in [-0.05, 0) is 113 Å². The molecule has 0 radical (unpaired) electrons. The van der Waals surface area contributed by atoms with E-state index in [0.717, 1.165) is 83.9 Å². The number of allylic oxidation sites excluding steroid dienone is 1. The standard InChI is InChI=1S/C31H35ClFN3O2S2/c1-31(2,3)38-27(17-8-9-17)26-21-6-4-5-7-24(21)40-29(26)36-30(37)35-15-22-19-12-13-34-16-25(19)39-28(22)20-11-10-18(33)14-23(20)32/h10-11,14,34H,4-9,12-13,15-16H2,1-3H3,(H2,35,36,37). The molecule has 3 N–H and O–H groups in total. The van der Waals surface area contributed by atoms with Gasteiger partial charge in [0.15, 0.2) is 0 Å². The van der Waals surface area contributed by atoms with Crippen molar-refractivity contribution in [3.8, 4) is 10.4 Å². The second-order valence-electron chi connectivity index (χ2n) is 11.7. The summed E-state index contributed by atoms with van der Waals surface area (Å²) in [4.78, 5) is 17.0. The first kappa shape index (κ1) is 27.8. The molecule has 1 aliphatic heterocycles. The first-order valence-corrected chi connectivity index (χ1v) is 16.1. The number of rotatable bonds is 6. The summed E-state index contributed by atoms with van der Waals surface area (Å²) in [5, 5.41) is 11.0. The molecule has 5 nitrogen and oxygen atoms in total. The number of urea groups is 1. The zero-order chi connectivity index (χ0) is 28.0. The summed E-state index contributed by atoms with van der Waals surface area (Å²) in [5.74, 6) is 0.607. The minimum absolute atomic E-state index is 0.235. The highest BCUT2D eigenvalue weighted by Gasteiger charge is 2.32. The van der Waals surface area contributed by atoms with Crippen LogP contribution in [0.3, 0.4) is 0 Å². The molecule has 2 aliphatic carbocycles. The van der Waals surface area contributed by atoms with Crippen LogP contribution < -0.4 is 16.0 Å². The molecule has 0 spiro atoms. The highest BCUT2D eigenvalue weighted by atomic mass is 35.5. The number of carbonyl (C=O) groups excluding carboxylic acids is 1. The minimum Gasteiger partial charge on any atom is -0.487 e. The van der Waals surface area contributed by atoms with Gasteiger partial charge in [-0.2, -0.15) is 0 Å². The summed E-state index contributed by atoms with van der Waals surface area (Å²) in [6.07, 6.45) is 7.39. The van der Waals surface area contributed by atoms with Crippen LogP contribution in [0.4, 0.5) is 14.2 Å². The number of ether oxygens (including phenoxy) is 1. The van der Waals surface area contributed by atoms with Crippen LogP contribution in [0.15, 0.2) is 23.8 Å². The van der Waals surface area contributed by atoms with Gasteiger partial charge in [-0.1, -0.05) is 11.6 Å². The Morgan fingerprint density at radius 3 is 2.62 bits per heavy atom. The molecule has 9 heteroatoms. The molecular weight excluding hydrogens is 565 g/mol. The summed E-state index contributed by atoms with van der Waals surface area (Å²) in [6.45, 7) is 8.28. The van der Waals surface area contributed by atoms with Gasteiger partial charge < -0.3 is 15.4 Å². The molecule has 1 aromatic carbocycles. The molecule has 3 aliphatic rings. The number of thiophene rings is 2. The summed E-state index contributed by atoms with van der Waals surface area (Å²) in [6, 6.07) is 4.29. The van der Waals surface area contributed by atoms with E-state index in [1.165, 1.54) is 45.0 Å². The van der Waals surface area contributed by atoms with Crippen molar-refractivity contribution in [2.75, 3.05) is 11.9 Å². The van der Waals surface area contributed by atoms with Crippen molar-refractivity contribution in [3.63, 3.8) is 0 Å². The first-order valence-electron chi connectivity index (χ1n) is 14.1. The number of hydrogen-bond donors (Lipinski definition) is 3. The Balaban J connectivity index is 1.28. The lowest BCUT2D eigenvalue weighted by molar-refractivity contribution is 0.0964. The molecule has 212 valence electrons. The number of anilines is 1. The topological polar surface area (TPSA) is 62.4 Å². The van der Waals surface area contributed by atoms with E-state index >= 15 is 0 Å². The zero-order valence-corrected chi connectivity index (χ0v) is 25.6. The van der Waals surface area contributed by atoms with E-state index < -0.39 is 0 Å². The number of benzene rings is 1. The highest BCUT2D eigenvalue weighted by molar-refractivity contribution is 7.17. The number of fused-ring (bicyclic) bond motifs is 2. The van der Waals surface area contributed by atoms with Crippen molar-refractivity contribution < 1.29 is 13.9 Å². The van der Waals surface area contributed by atoms with Crippen LogP contribution in [0.5, 0.6) is 0 Å². The quantitative estimate of drug-likeness (QED) is 0.249. The molecule has 3 aromatic rings. The number of hydrogen-bond acceptors (Lipinski definition) is 5. The fraction of sp³-hybridized carbons (Fsp3) is 0.452. The van der Waals surface area contributed by atoms with E-state index in [1.807, 2.05) is 0 Å². The fourth-order valence-electron chi connectivity index (χ4n) is 5.58. The molecule has 0 atom stereocenters. The smallest absolute Gasteiger partial charge is 0.320 e. The maximum Gasteiger partial charge on any atom is 0.320 e. The second kappa shape index (κ2) is 11.1. The Kier molecular flexibility index (Phi) is 7.72. The van der Waals surface area contributed by atoms with Crippen molar-refractivity contribution in [1.29, 1.82) is 0 Å². The largest absolute Gasteiger partial charge is 0.487 e. The summed E-state index contributed by atoms with van der Waals surface area (Å²) >= 11 is 9.84. The lowest BCUT2D eigenvalue weighted by Gasteiger charge is -2.25. The number of nitrogens with one attached hydrogen (secondary N) is 3. The van der Waals surface area contributed by atoms with Crippen molar-refractivity contribution in [2.24, 2.45) is 0 Å². The van der Waals surface area contributed by atoms with Crippen LogP contribution >= 0.6 is 34.3 Å². The van der Waals surface area contributed by atoms with Crippen molar-refractivity contribution in [1.82, 2.24) is 10.6 Å². The molecule has 0 unspecified atom stereocenters. The van der Waals surface area contributed by atoms with E-state index in [0.29, 0.717) is 11.6 Å². The van der Waals surface area contributed by atoms with Gasteiger partial charge in [0, 0.05) is 33.3 Å². The third-order valence-corrected chi connectivity index (χ3v) is 10.3. The van der Waals surface area contributed by atoms with Gasteiger partial charge in [0.25, 0.3) is 0 Å². The summed E-state index contributed by atoms with van der Waals surface area (Å²) in [5.41, 5.74) is 6.57. The van der Waals surface area contributed by atoms with Crippen LogP contribution in [-0.4, -0.2) is 18.2 Å². The Labute approximate surface area is 248 Å². The van der Waals surface area contributed by atoms with Crippen LogP contribution in [0.1, 0.15) is 78.5 Å². The van der Waals surface area contributed by atoms with Gasteiger partial charge in [0.1, 0.15) is 22.2 Å². The van der Waals surface area contributed by atoms with Crippen molar-refractivity contribution in [2.45, 2.75) is 84.4 Å². The molecule has 2 aromatic heterocycles. The zero-order valence-electron chi connectivity index (χ0n) is 23.2. The van der Waals surface area contributed by atoms with E-state index in [-0.39, 0.29) is 17.4 Å². The third-order valence-electron chi connectivity index (χ3n) is 7.49. The highest BCUT2D eigenvalue weighted by Crippen LogP contribution is 2.48. The monoisotopic (exact) mass is 599 g/mol.